The van der Waals surface area contributed by atoms with Crippen LogP contribution < -0.4 is 5.73 Å². The van der Waals surface area contributed by atoms with Gasteiger partial charge in [0.05, 0.1) is 12.5 Å². The van der Waals surface area contributed by atoms with E-state index in [2.05, 4.69) is 0 Å². The first-order valence-corrected chi connectivity index (χ1v) is 6.87. The Kier molecular flexibility index (Phi) is 4.43. The molecule has 1 aromatic rings. The molecule has 3 N–H and O–H groups in total. The number of aliphatic hydroxyl groups is 1. The van der Waals surface area contributed by atoms with Gasteiger partial charge in [0.2, 0.25) is 5.91 Å². The number of anilines is 1. The molecule has 4 heteroatoms. The zero-order valence-electron chi connectivity index (χ0n) is 11.4. The average Bonchev–Trinajstić information content (AvgIpc) is 2.41. The van der Waals surface area contributed by atoms with E-state index in [1.54, 1.807) is 0 Å². The summed E-state index contributed by atoms with van der Waals surface area (Å²) in [7, 11) is 0. The summed E-state index contributed by atoms with van der Waals surface area (Å²) in [6, 6.07) is 7.49. The molecular weight excluding hydrogens is 240 g/mol. The second kappa shape index (κ2) is 6.06. The third-order valence-electron chi connectivity index (χ3n) is 3.97. The molecule has 1 aromatic carbocycles. The number of rotatable bonds is 3. The topological polar surface area (TPSA) is 66.6 Å². The summed E-state index contributed by atoms with van der Waals surface area (Å²) in [6.07, 6.45) is 1.86. The predicted molar refractivity (Wildman–Crippen MR) is 75.5 cm³/mol. The highest BCUT2D eigenvalue weighted by atomic mass is 16.3. The molecule has 0 bridgehead atoms. The van der Waals surface area contributed by atoms with Crippen molar-refractivity contribution in [1.29, 1.82) is 0 Å². The highest BCUT2D eigenvalue weighted by Crippen LogP contribution is 2.21. The largest absolute Gasteiger partial charge is 0.398 e. The van der Waals surface area contributed by atoms with Crippen molar-refractivity contribution >= 4 is 11.6 Å². The van der Waals surface area contributed by atoms with Gasteiger partial charge >= 0.3 is 0 Å². The molecule has 1 unspecified atom stereocenters. The summed E-state index contributed by atoms with van der Waals surface area (Å²) in [5.41, 5.74) is 7.43. The first-order valence-electron chi connectivity index (χ1n) is 6.87. The average molecular weight is 262 g/mol. The van der Waals surface area contributed by atoms with Gasteiger partial charge in [0.1, 0.15) is 0 Å². The van der Waals surface area contributed by atoms with E-state index in [1.165, 1.54) is 0 Å². The summed E-state index contributed by atoms with van der Waals surface area (Å²) in [5, 5.41) is 9.55. The number of aliphatic hydroxyl groups excluding tert-OH is 1. The maximum absolute atomic E-state index is 12.2. The number of benzene rings is 1. The molecule has 0 spiro atoms. The van der Waals surface area contributed by atoms with Crippen molar-refractivity contribution in [2.24, 2.45) is 5.92 Å². The molecular formula is C15H22N2O2. The van der Waals surface area contributed by atoms with Crippen molar-refractivity contribution in [2.45, 2.75) is 32.3 Å². The van der Waals surface area contributed by atoms with Crippen LogP contribution in [0.25, 0.3) is 0 Å². The van der Waals surface area contributed by atoms with E-state index in [0.29, 0.717) is 18.0 Å². The number of nitrogens with zero attached hydrogens (tertiary/aromatic N) is 1. The van der Waals surface area contributed by atoms with E-state index in [4.69, 9.17) is 5.73 Å². The minimum absolute atomic E-state index is 0.127. The summed E-state index contributed by atoms with van der Waals surface area (Å²) >= 11 is 0. The van der Waals surface area contributed by atoms with Gasteiger partial charge in [0, 0.05) is 18.8 Å². The third kappa shape index (κ3) is 3.47. The number of nitrogen functional groups attached to an aromatic ring is 1. The Morgan fingerprint density at radius 3 is 2.63 bits per heavy atom. The molecule has 0 aliphatic carbocycles. The van der Waals surface area contributed by atoms with Gasteiger partial charge in [-0.25, -0.2) is 0 Å². The molecule has 19 heavy (non-hydrogen) atoms. The van der Waals surface area contributed by atoms with Gasteiger partial charge in [-0.05, 0) is 37.3 Å². The molecule has 104 valence electrons. The molecule has 1 saturated heterocycles. The molecule has 1 atom stereocenters. The van der Waals surface area contributed by atoms with Crippen LogP contribution in [-0.2, 0) is 11.2 Å². The molecule has 1 aliphatic heterocycles. The van der Waals surface area contributed by atoms with Gasteiger partial charge in [-0.2, -0.15) is 0 Å². The maximum atomic E-state index is 12.2. The zero-order valence-corrected chi connectivity index (χ0v) is 11.4. The Balaban J connectivity index is 1.90. The van der Waals surface area contributed by atoms with Crippen molar-refractivity contribution in [3.63, 3.8) is 0 Å². The molecule has 4 nitrogen and oxygen atoms in total. The molecule has 0 radical (unpaired) electrons. The minimum atomic E-state index is -0.276. The van der Waals surface area contributed by atoms with E-state index >= 15 is 0 Å². The Hall–Kier alpha value is -1.55. The van der Waals surface area contributed by atoms with Crippen molar-refractivity contribution in [3.05, 3.63) is 29.8 Å². The molecule has 0 aromatic heterocycles. The zero-order chi connectivity index (χ0) is 13.8. The number of hydrogen-bond acceptors (Lipinski definition) is 3. The van der Waals surface area contributed by atoms with Crippen LogP contribution in [0.2, 0.25) is 0 Å². The number of carbonyl (C=O) groups excluding carboxylic acids is 1. The number of nitrogens with two attached hydrogens (primary N) is 1. The Bertz CT molecular complexity index is 438. The Labute approximate surface area is 114 Å². The molecule has 1 amide bonds. The van der Waals surface area contributed by atoms with Crippen molar-refractivity contribution in [3.8, 4) is 0 Å². The van der Waals surface area contributed by atoms with Crippen LogP contribution >= 0.6 is 0 Å². The lowest BCUT2D eigenvalue weighted by molar-refractivity contribution is -0.132. The van der Waals surface area contributed by atoms with E-state index < -0.39 is 0 Å². The van der Waals surface area contributed by atoms with Gasteiger partial charge in [-0.1, -0.05) is 18.2 Å². The lowest BCUT2D eigenvalue weighted by Gasteiger charge is -2.33. The second-order valence-corrected chi connectivity index (χ2v) is 5.33. The van der Waals surface area contributed by atoms with Crippen molar-refractivity contribution in [1.82, 2.24) is 4.90 Å². The smallest absolute Gasteiger partial charge is 0.227 e. The molecule has 0 saturated carbocycles. The van der Waals surface area contributed by atoms with Gasteiger partial charge in [0.25, 0.3) is 0 Å². The Morgan fingerprint density at radius 2 is 2.05 bits per heavy atom. The monoisotopic (exact) mass is 262 g/mol. The van der Waals surface area contributed by atoms with Crippen LogP contribution in [0.3, 0.4) is 0 Å². The summed E-state index contributed by atoms with van der Waals surface area (Å²) < 4.78 is 0. The number of amides is 1. The minimum Gasteiger partial charge on any atom is -0.398 e. The van der Waals surface area contributed by atoms with Crippen molar-refractivity contribution in [2.75, 3.05) is 18.8 Å². The first kappa shape index (κ1) is 13.9. The molecule has 1 heterocycles. The van der Waals surface area contributed by atoms with Gasteiger partial charge in [-0.15, -0.1) is 0 Å². The van der Waals surface area contributed by atoms with Crippen LogP contribution in [0, 0.1) is 5.92 Å². The summed E-state index contributed by atoms with van der Waals surface area (Å²) in [4.78, 5) is 14.1. The summed E-state index contributed by atoms with van der Waals surface area (Å²) in [6.45, 7) is 3.30. The van der Waals surface area contributed by atoms with Crippen LogP contribution in [0.5, 0.6) is 0 Å². The van der Waals surface area contributed by atoms with E-state index in [0.717, 1.165) is 31.5 Å². The molecule has 2 rings (SSSR count). The van der Waals surface area contributed by atoms with Crippen LogP contribution in [-0.4, -0.2) is 35.1 Å². The van der Waals surface area contributed by atoms with E-state index in [-0.39, 0.29) is 12.0 Å². The van der Waals surface area contributed by atoms with Gasteiger partial charge < -0.3 is 15.7 Å². The number of likely N-dealkylation sites (tertiary alicyclic amines) is 1. The fourth-order valence-electron chi connectivity index (χ4n) is 2.60. The summed E-state index contributed by atoms with van der Waals surface area (Å²) in [5.74, 6) is 0.452. The molecule has 1 fully saturated rings. The predicted octanol–water partition coefficient (Wildman–Crippen LogP) is 1.43. The number of hydrogen-bond donors (Lipinski definition) is 2. The Morgan fingerprint density at radius 1 is 1.42 bits per heavy atom. The highest BCUT2D eigenvalue weighted by Gasteiger charge is 2.25. The number of carbonyl (C=O) groups is 1. The fraction of sp³-hybridized carbons (Fsp3) is 0.533. The van der Waals surface area contributed by atoms with Crippen LogP contribution in [0.15, 0.2) is 24.3 Å². The third-order valence-corrected chi connectivity index (χ3v) is 3.97. The SMILES string of the molecule is CC(O)C1CCN(C(=O)Cc2ccccc2N)CC1. The number of piperidine rings is 1. The van der Waals surface area contributed by atoms with Crippen LogP contribution in [0.4, 0.5) is 5.69 Å². The van der Waals surface area contributed by atoms with E-state index in [9.17, 15) is 9.90 Å². The molecule has 1 aliphatic rings. The normalized spacial score (nSPS) is 18.3. The lowest BCUT2D eigenvalue weighted by atomic mass is 9.92. The second-order valence-electron chi connectivity index (χ2n) is 5.33. The van der Waals surface area contributed by atoms with Gasteiger partial charge in [0.15, 0.2) is 0 Å². The van der Waals surface area contributed by atoms with Gasteiger partial charge in [-0.3, -0.25) is 4.79 Å². The lowest BCUT2D eigenvalue weighted by Crippen LogP contribution is -2.41. The fourth-order valence-corrected chi connectivity index (χ4v) is 2.60. The quantitative estimate of drug-likeness (QED) is 0.810. The van der Waals surface area contributed by atoms with Crippen molar-refractivity contribution < 1.29 is 9.90 Å². The standard InChI is InChI=1S/C15H22N2O2/c1-11(18)12-6-8-17(9-7-12)15(19)10-13-4-2-3-5-14(13)16/h2-5,11-12,18H,6-10,16H2,1H3. The first-order chi connectivity index (χ1) is 9.08. The van der Waals surface area contributed by atoms with Crippen LogP contribution in [0.1, 0.15) is 25.3 Å². The maximum Gasteiger partial charge on any atom is 0.227 e. The highest BCUT2D eigenvalue weighted by molar-refractivity contribution is 5.80. The number of para-hydroxylation sites is 1. The van der Waals surface area contributed by atoms with E-state index in [1.807, 2.05) is 36.1 Å².